The summed E-state index contributed by atoms with van der Waals surface area (Å²) < 4.78 is 31.7. The summed E-state index contributed by atoms with van der Waals surface area (Å²) in [5.41, 5.74) is 0.407. The zero-order valence-electron chi connectivity index (χ0n) is 8.84. The second-order valence-corrected chi connectivity index (χ2v) is 3.30. The molecule has 0 aliphatic heterocycles. The van der Waals surface area contributed by atoms with Crippen molar-refractivity contribution < 1.29 is 13.2 Å². The molecule has 0 aliphatic carbocycles. The first-order valence-corrected chi connectivity index (χ1v) is 4.72. The molecule has 1 N–H and O–H groups in total. The van der Waals surface area contributed by atoms with Crippen molar-refractivity contribution in [2.45, 2.75) is 6.92 Å². The van der Waals surface area contributed by atoms with Crippen LogP contribution in [0.1, 0.15) is 5.76 Å². The lowest BCUT2D eigenvalue weighted by Gasteiger charge is -1.99. The predicted octanol–water partition coefficient (Wildman–Crippen LogP) is 2.97. The first-order chi connectivity index (χ1) is 7.61. The van der Waals surface area contributed by atoms with Crippen LogP contribution in [0.5, 0.6) is 0 Å². The number of hydrogen-bond donors (Lipinski definition) is 1. The summed E-state index contributed by atoms with van der Waals surface area (Å²) >= 11 is 0. The summed E-state index contributed by atoms with van der Waals surface area (Å²) in [4.78, 5) is 4.02. The molecule has 0 atom stereocenters. The van der Waals surface area contributed by atoms with Crippen LogP contribution in [0.3, 0.4) is 0 Å². The first kappa shape index (κ1) is 10.6. The quantitative estimate of drug-likeness (QED) is 0.852. The van der Waals surface area contributed by atoms with E-state index in [0.717, 1.165) is 18.2 Å². The van der Waals surface area contributed by atoms with Crippen molar-refractivity contribution in [1.82, 2.24) is 4.98 Å². The van der Waals surface area contributed by atoms with Crippen molar-refractivity contribution in [2.24, 2.45) is 0 Å². The number of halogens is 2. The van der Waals surface area contributed by atoms with E-state index < -0.39 is 11.6 Å². The number of anilines is 1. The van der Waals surface area contributed by atoms with E-state index in [-0.39, 0.29) is 11.6 Å². The average Bonchev–Trinajstić information content (AvgIpc) is 2.63. The van der Waals surface area contributed by atoms with Crippen molar-refractivity contribution in [3.8, 4) is 11.3 Å². The molecule has 0 saturated heterocycles. The van der Waals surface area contributed by atoms with Gasteiger partial charge in [0.15, 0.2) is 0 Å². The lowest BCUT2D eigenvalue weighted by molar-refractivity contribution is 0.544. The maximum atomic E-state index is 13.5. The summed E-state index contributed by atoms with van der Waals surface area (Å²) in [5, 5.41) is 2.70. The van der Waals surface area contributed by atoms with Crippen LogP contribution in [0, 0.1) is 18.6 Å². The number of aromatic nitrogens is 1. The lowest BCUT2D eigenvalue weighted by atomic mass is 10.1. The van der Waals surface area contributed by atoms with Crippen molar-refractivity contribution in [3.05, 3.63) is 35.6 Å². The molecule has 84 valence electrons. The Hall–Kier alpha value is -1.91. The van der Waals surface area contributed by atoms with E-state index >= 15 is 0 Å². The molecule has 0 fully saturated rings. The van der Waals surface area contributed by atoms with Gasteiger partial charge in [0.25, 0.3) is 6.01 Å². The fraction of sp³-hybridized carbons (Fsp3) is 0.182. The second kappa shape index (κ2) is 3.92. The highest BCUT2D eigenvalue weighted by Crippen LogP contribution is 2.28. The Morgan fingerprint density at radius 1 is 1.31 bits per heavy atom. The largest absolute Gasteiger partial charge is 0.428 e. The highest BCUT2D eigenvalue weighted by Gasteiger charge is 2.15. The van der Waals surface area contributed by atoms with Crippen molar-refractivity contribution >= 4 is 6.01 Å². The Labute approximate surface area is 91.1 Å². The molecule has 1 aromatic heterocycles. The Balaban J connectivity index is 2.57. The van der Waals surface area contributed by atoms with Gasteiger partial charge in [0.05, 0.1) is 0 Å². The van der Waals surface area contributed by atoms with Gasteiger partial charge in [-0.3, -0.25) is 0 Å². The van der Waals surface area contributed by atoms with Gasteiger partial charge >= 0.3 is 0 Å². The molecule has 0 spiro atoms. The highest BCUT2D eigenvalue weighted by atomic mass is 19.1. The number of hydrogen-bond acceptors (Lipinski definition) is 3. The van der Waals surface area contributed by atoms with Crippen LogP contribution in [0.15, 0.2) is 22.6 Å². The Morgan fingerprint density at radius 3 is 2.69 bits per heavy atom. The molecule has 1 heterocycles. The lowest BCUT2D eigenvalue weighted by Crippen LogP contribution is -1.90. The number of aryl methyl sites for hydroxylation is 1. The van der Waals surface area contributed by atoms with Gasteiger partial charge in [-0.15, -0.1) is 0 Å². The Bertz CT molecular complexity index is 523. The molecule has 0 aliphatic rings. The summed E-state index contributed by atoms with van der Waals surface area (Å²) in [5.74, 6) is -0.598. The standard InChI is InChI=1S/C11H10F2N2O/c1-6-10(15-11(14-2)16-6)8-5-7(12)3-4-9(8)13/h3-5H,1-2H3,(H,14,15). The van der Waals surface area contributed by atoms with E-state index in [4.69, 9.17) is 4.42 Å². The molecule has 2 aromatic rings. The molecular formula is C11H10F2N2O. The third-order valence-electron chi connectivity index (χ3n) is 2.19. The van der Waals surface area contributed by atoms with Crippen molar-refractivity contribution in [3.63, 3.8) is 0 Å². The number of nitrogens with zero attached hydrogens (tertiary/aromatic N) is 1. The fourth-order valence-electron chi connectivity index (χ4n) is 1.43. The molecule has 16 heavy (non-hydrogen) atoms. The topological polar surface area (TPSA) is 38.1 Å². The number of nitrogens with one attached hydrogen (secondary N) is 1. The molecule has 5 heteroatoms. The van der Waals surface area contributed by atoms with Crippen LogP contribution in [-0.4, -0.2) is 12.0 Å². The van der Waals surface area contributed by atoms with Gasteiger partial charge in [-0.25, -0.2) is 8.78 Å². The van der Waals surface area contributed by atoms with Gasteiger partial charge in [-0.1, -0.05) is 0 Å². The summed E-state index contributed by atoms with van der Waals surface area (Å²) in [6, 6.07) is 3.50. The van der Waals surface area contributed by atoms with E-state index in [1.165, 1.54) is 0 Å². The van der Waals surface area contributed by atoms with Crippen LogP contribution < -0.4 is 5.32 Å². The van der Waals surface area contributed by atoms with Gasteiger partial charge in [-0.05, 0) is 25.1 Å². The minimum Gasteiger partial charge on any atom is -0.428 e. The molecule has 2 rings (SSSR count). The minimum absolute atomic E-state index is 0.0998. The summed E-state index contributed by atoms with van der Waals surface area (Å²) in [6.45, 7) is 1.65. The maximum absolute atomic E-state index is 13.5. The number of oxazole rings is 1. The van der Waals surface area contributed by atoms with E-state index in [0.29, 0.717) is 11.5 Å². The van der Waals surface area contributed by atoms with Gasteiger partial charge < -0.3 is 9.73 Å². The van der Waals surface area contributed by atoms with E-state index in [2.05, 4.69) is 10.3 Å². The van der Waals surface area contributed by atoms with E-state index in [1.54, 1.807) is 14.0 Å². The molecule has 0 saturated carbocycles. The van der Waals surface area contributed by atoms with Crippen LogP contribution in [0.4, 0.5) is 14.8 Å². The van der Waals surface area contributed by atoms with Gasteiger partial charge in [0.1, 0.15) is 23.1 Å². The van der Waals surface area contributed by atoms with Crippen LogP contribution in [0.2, 0.25) is 0 Å². The third kappa shape index (κ3) is 1.76. The molecule has 0 amide bonds. The smallest absolute Gasteiger partial charge is 0.295 e. The minimum atomic E-state index is -0.527. The summed E-state index contributed by atoms with van der Waals surface area (Å²) in [7, 11) is 1.64. The molecule has 1 aromatic carbocycles. The maximum Gasteiger partial charge on any atom is 0.295 e. The monoisotopic (exact) mass is 224 g/mol. The third-order valence-corrected chi connectivity index (χ3v) is 2.19. The molecular weight excluding hydrogens is 214 g/mol. The van der Waals surface area contributed by atoms with Crippen molar-refractivity contribution in [1.29, 1.82) is 0 Å². The zero-order valence-corrected chi connectivity index (χ0v) is 8.84. The van der Waals surface area contributed by atoms with Crippen LogP contribution in [-0.2, 0) is 0 Å². The second-order valence-electron chi connectivity index (χ2n) is 3.30. The fourth-order valence-corrected chi connectivity index (χ4v) is 1.43. The highest BCUT2D eigenvalue weighted by molar-refractivity contribution is 5.63. The van der Waals surface area contributed by atoms with Crippen molar-refractivity contribution in [2.75, 3.05) is 12.4 Å². The molecule has 0 bridgehead atoms. The van der Waals surface area contributed by atoms with Gasteiger partial charge in [0, 0.05) is 12.6 Å². The predicted molar refractivity (Wildman–Crippen MR) is 56.1 cm³/mol. The van der Waals surface area contributed by atoms with Gasteiger partial charge in [-0.2, -0.15) is 4.98 Å². The Morgan fingerprint density at radius 2 is 2.06 bits per heavy atom. The zero-order chi connectivity index (χ0) is 11.7. The number of rotatable bonds is 2. The number of benzene rings is 1. The van der Waals surface area contributed by atoms with Gasteiger partial charge in [0.2, 0.25) is 0 Å². The van der Waals surface area contributed by atoms with E-state index in [1.807, 2.05) is 0 Å². The summed E-state index contributed by atoms with van der Waals surface area (Å²) in [6.07, 6.45) is 0. The SMILES string of the molecule is CNc1nc(-c2cc(F)ccc2F)c(C)o1. The van der Waals surface area contributed by atoms with Crippen LogP contribution >= 0.6 is 0 Å². The Kier molecular flexibility index (Phi) is 2.60. The van der Waals surface area contributed by atoms with Crippen LogP contribution in [0.25, 0.3) is 11.3 Å². The van der Waals surface area contributed by atoms with E-state index in [9.17, 15) is 8.78 Å². The average molecular weight is 224 g/mol. The molecule has 3 nitrogen and oxygen atoms in total. The normalized spacial score (nSPS) is 10.5. The molecule has 0 unspecified atom stereocenters. The first-order valence-electron chi connectivity index (χ1n) is 4.72. The molecule has 0 radical (unpaired) electrons.